The van der Waals surface area contributed by atoms with Gasteiger partial charge in [-0.3, -0.25) is 0 Å². The van der Waals surface area contributed by atoms with Crippen LogP contribution in [-0.4, -0.2) is 24.7 Å². The lowest BCUT2D eigenvalue weighted by Gasteiger charge is -2.16. The molecular weight excluding hydrogens is 311 g/mol. The molecule has 1 saturated heterocycles. The number of halogens is 3. The molecule has 0 radical (unpaired) electrons. The Morgan fingerprint density at radius 1 is 1.25 bits per heavy atom. The minimum Gasteiger partial charge on any atom is -0.378 e. The molecule has 134 valence electrons. The molecule has 0 aromatic heterocycles. The van der Waals surface area contributed by atoms with Gasteiger partial charge in [0.2, 0.25) is 0 Å². The molecule has 0 amide bonds. The van der Waals surface area contributed by atoms with Crippen molar-refractivity contribution in [2.45, 2.75) is 53.1 Å². The second-order valence-corrected chi connectivity index (χ2v) is 6.24. The summed E-state index contributed by atoms with van der Waals surface area (Å²) in [5, 5.41) is 0. The molecule has 0 spiro atoms. The summed E-state index contributed by atoms with van der Waals surface area (Å²) in [6.45, 7) is 8.41. The van der Waals surface area contributed by atoms with Gasteiger partial charge < -0.3 is 4.90 Å². The SMILES string of the molecule is C\C=C/C(=C\C(=C\CC)C(F)(F)F)C(/C=C1/CCCN1C)=C(C)C. The van der Waals surface area contributed by atoms with Crippen LogP contribution in [0.5, 0.6) is 0 Å². The molecule has 1 rings (SSSR count). The van der Waals surface area contributed by atoms with Gasteiger partial charge in [0.15, 0.2) is 0 Å². The van der Waals surface area contributed by atoms with Crippen LogP contribution in [0.25, 0.3) is 0 Å². The number of rotatable bonds is 5. The largest absolute Gasteiger partial charge is 0.416 e. The third kappa shape index (κ3) is 5.73. The van der Waals surface area contributed by atoms with Crippen LogP contribution in [0.1, 0.15) is 47.0 Å². The first kappa shape index (κ1) is 20.3. The highest BCUT2D eigenvalue weighted by atomic mass is 19.4. The maximum absolute atomic E-state index is 13.3. The van der Waals surface area contributed by atoms with Crippen LogP contribution in [0.4, 0.5) is 13.2 Å². The Morgan fingerprint density at radius 3 is 2.33 bits per heavy atom. The highest BCUT2D eigenvalue weighted by Crippen LogP contribution is 2.31. The van der Waals surface area contributed by atoms with Gasteiger partial charge in [-0.15, -0.1) is 0 Å². The van der Waals surface area contributed by atoms with Crippen LogP contribution in [-0.2, 0) is 0 Å². The molecule has 1 heterocycles. The van der Waals surface area contributed by atoms with E-state index in [2.05, 4.69) is 4.90 Å². The zero-order valence-corrected chi connectivity index (χ0v) is 15.3. The van der Waals surface area contributed by atoms with Crippen molar-refractivity contribution < 1.29 is 13.2 Å². The third-order valence-corrected chi connectivity index (χ3v) is 3.99. The lowest BCUT2D eigenvalue weighted by Crippen LogP contribution is -2.12. The Bertz CT molecular complexity index is 582. The number of hydrogen-bond donors (Lipinski definition) is 0. The number of nitrogens with zero attached hydrogens (tertiary/aromatic N) is 1. The Labute approximate surface area is 143 Å². The van der Waals surface area contributed by atoms with Crippen LogP contribution in [0.3, 0.4) is 0 Å². The van der Waals surface area contributed by atoms with E-state index >= 15 is 0 Å². The third-order valence-electron chi connectivity index (χ3n) is 3.99. The molecular formula is C20H28F3N. The van der Waals surface area contributed by atoms with Gasteiger partial charge in [0.25, 0.3) is 0 Å². The van der Waals surface area contributed by atoms with Crippen LogP contribution in [0, 0.1) is 0 Å². The predicted molar refractivity (Wildman–Crippen MR) is 95.6 cm³/mol. The normalized spacial score (nSPS) is 18.8. The average Bonchev–Trinajstić information content (AvgIpc) is 2.87. The van der Waals surface area contributed by atoms with E-state index in [1.807, 2.05) is 33.9 Å². The Morgan fingerprint density at radius 2 is 1.92 bits per heavy atom. The molecule has 0 unspecified atom stereocenters. The number of alkyl halides is 3. The van der Waals surface area contributed by atoms with E-state index in [9.17, 15) is 13.2 Å². The fraction of sp³-hybridized carbons (Fsp3) is 0.500. The summed E-state index contributed by atoms with van der Waals surface area (Å²) in [4.78, 5) is 2.17. The smallest absolute Gasteiger partial charge is 0.378 e. The van der Waals surface area contributed by atoms with Crippen LogP contribution in [0.2, 0.25) is 0 Å². The Balaban J connectivity index is 3.41. The summed E-state index contributed by atoms with van der Waals surface area (Å²) >= 11 is 0. The lowest BCUT2D eigenvalue weighted by atomic mass is 9.96. The summed E-state index contributed by atoms with van der Waals surface area (Å²) in [6, 6.07) is 0. The quantitative estimate of drug-likeness (QED) is 0.529. The van der Waals surface area contributed by atoms with Crippen molar-refractivity contribution >= 4 is 0 Å². The molecule has 0 atom stereocenters. The summed E-state index contributed by atoms with van der Waals surface area (Å²) < 4.78 is 39.8. The van der Waals surface area contributed by atoms with E-state index in [0.717, 1.165) is 30.5 Å². The van der Waals surface area contributed by atoms with Gasteiger partial charge in [-0.1, -0.05) is 30.7 Å². The Kier molecular flexibility index (Phi) is 7.59. The van der Waals surface area contributed by atoms with Gasteiger partial charge in [0.1, 0.15) is 0 Å². The van der Waals surface area contributed by atoms with Gasteiger partial charge in [-0.2, -0.15) is 13.2 Å². The first-order valence-corrected chi connectivity index (χ1v) is 8.42. The van der Waals surface area contributed by atoms with Crippen molar-refractivity contribution in [1.29, 1.82) is 0 Å². The van der Waals surface area contributed by atoms with Crippen LogP contribution in [0.15, 0.2) is 58.4 Å². The van der Waals surface area contributed by atoms with E-state index in [0.29, 0.717) is 12.0 Å². The van der Waals surface area contributed by atoms with E-state index in [-0.39, 0.29) is 0 Å². The maximum atomic E-state index is 13.3. The van der Waals surface area contributed by atoms with Crippen LogP contribution >= 0.6 is 0 Å². The lowest BCUT2D eigenvalue weighted by molar-refractivity contribution is -0.0884. The van der Waals surface area contributed by atoms with Gasteiger partial charge in [0.05, 0.1) is 5.57 Å². The molecule has 0 aromatic rings. The van der Waals surface area contributed by atoms with Crippen molar-refractivity contribution in [3.05, 3.63) is 58.4 Å². The molecule has 0 aromatic carbocycles. The predicted octanol–water partition coefficient (Wildman–Crippen LogP) is 6.33. The first-order chi connectivity index (χ1) is 11.2. The van der Waals surface area contributed by atoms with E-state index in [1.165, 1.54) is 17.8 Å². The standard InChI is InChI=1S/C20H28F3N/c1-6-9-16(13-17(10-7-2)20(21,22)23)19(15(3)4)14-18-11-8-12-24(18)5/h6,9-10,13-14H,7-8,11-12H2,1-5H3/b9-6-,16-13+,17-10-,18-14-. The Hall–Kier alpha value is -1.71. The fourth-order valence-corrected chi connectivity index (χ4v) is 2.74. The van der Waals surface area contributed by atoms with E-state index < -0.39 is 11.7 Å². The molecule has 0 bridgehead atoms. The van der Waals surface area contributed by atoms with Gasteiger partial charge in [-0.05, 0) is 63.3 Å². The minimum atomic E-state index is -4.34. The van der Waals surface area contributed by atoms with Crippen molar-refractivity contribution in [1.82, 2.24) is 4.90 Å². The van der Waals surface area contributed by atoms with E-state index in [1.54, 1.807) is 19.1 Å². The van der Waals surface area contributed by atoms with Crippen molar-refractivity contribution in [2.24, 2.45) is 0 Å². The first-order valence-electron chi connectivity index (χ1n) is 8.42. The highest BCUT2D eigenvalue weighted by Gasteiger charge is 2.32. The summed E-state index contributed by atoms with van der Waals surface area (Å²) in [5.74, 6) is 0. The molecule has 4 heteroatoms. The zero-order chi connectivity index (χ0) is 18.3. The maximum Gasteiger partial charge on any atom is 0.416 e. The monoisotopic (exact) mass is 339 g/mol. The summed E-state index contributed by atoms with van der Waals surface area (Å²) in [6.07, 6.45) is 6.13. The summed E-state index contributed by atoms with van der Waals surface area (Å²) in [7, 11) is 2.03. The van der Waals surface area contributed by atoms with Gasteiger partial charge in [-0.25, -0.2) is 0 Å². The molecule has 1 nitrogen and oxygen atoms in total. The average molecular weight is 339 g/mol. The summed E-state index contributed by atoms with van der Waals surface area (Å²) in [5.41, 5.74) is 3.06. The molecule has 1 aliphatic heterocycles. The topological polar surface area (TPSA) is 3.24 Å². The van der Waals surface area contributed by atoms with Crippen molar-refractivity contribution in [3.8, 4) is 0 Å². The molecule has 1 fully saturated rings. The molecule has 0 N–H and O–H groups in total. The van der Waals surface area contributed by atoms with Crippen molar-refractivity contribution in [3.63, 3.8) is 0 Å². The zero-order valence-electron chi connectivity index (χ0n) is 15.3. The fourth-order valence-electron chi connectivity index (χ4n) is 2.74. The van der Waals surface area contributed by atoms with Gasteiger partial charge >= 0.3 is 6.18 Å². The van der Waals surface area contributed by atoms with Crippen LogP contribution < -0.4 is 0 Å². The molecule has 0 saturated carbocycles. The van der Waals surface area contributed by atoms with Crippen molar-refractivity contribution in [2.75, 3.05) is 13.6 Å². The second-order valence-electron chi connectivity index (χ2n) is 6.24. The minimum absolute atomic E-state index is 0.350. The number of hydrogen-bond acceptors (Lipinski definition) is 1. The molecule has 1 aliphatic rings. The van der Waals surface area contributed by atoms with E-state index in [4.69, 9.17) is 0 Å². The number of allylic oxidation sites excluding steroid dienone is 10. The van der Waals surface area contributed by atoms with Gasteiger partial charge in [0, 0.05) is 19.3 Å². The number of likely N-dealkylation sites (tertiary alicyclic amines) is 1. The highest BCUT2D eigenvalue weighted by molar-refractivity contribution is 5.53. The second kappa shape index (κ2) is 8.95. The molecule has 0 aliphatic carbocycles. The molecule has 24 heavy (non-hydrogen) atoms.